The molecule has 5 rings (SSSR count). The van der Waals surface area contributed by atoms with Crippen LogP contribution in [0.5, 0.6) is 0 Å². The highest BCUT2D eigenvalue weighted by atomic mass is 35.5. The highest BCUT2D eigenvalue weighted by molar-refractivity contribution is 6.35. The summed E-state index contributed by atoms with van der Waals surface area (Å²) in [4.78, 5) is 19.7. The molecule has 0 unspecified atom stereocenters. The molecule has 4 nitrogen and oxygen atoms in total. The molecule has 2 heterocycles. The highest BCUT2D eigenvalue weighted by Gasteiger charge is 2.48. The van der Waals surface area contributed by atoms with Crippen LogP contribution < -0.4 is 4.90 Å². The molecule has 3 aromatic carbocycles. The van der Waals surface area contributed by atoms with Crippen molar-refractivity contribution in [3.05, 3.63) is 101 Å². The average Bonchev–Trinajstić information content (AvgIpc) is 3.31. The molecule has 0 N–H and O–H groups in total. The van der Waals surface area contributed by atoms with E-state index in [0.29, 0.717) is 28.1 Å². The molecular weight excluding hydrogens is 429 g/mol. The van der Waals surface area contributed by atoms with Crippen LogP contribution in [0.4, 0.5) is 11.6 Å². The molecular formula is C25H19Cl2N3O. The maximum absolute atomic E-state index is 13.6. The summed E-state index contributed by atoms with van der Waals surface area (Å²) in [5.74, 6) is 0.493. The summed E-state index contributed by atoms with van der Waals surface area (Å²) < 4.78 is 1.93. The number of carbonyl (C=O) groups excluding carboxylic acids is 1. The Labute approximate surface area is 190 Å². The molecule has 0 radical (unpaired) electrons. The van der Waals surface area contributed by atoms with Crippen LogP contribution in [0.15, 0.2) is 85.2 Å². The van der Waals surface area contributed by atoms with E-state index in [1.54, 1.807) is 29.3 Å². The third-order valence-corrected chi connectivity index (χ3v) is 6.17. The fraction of sp³-hybridized carbons (Fsp3) is 0.120. The van der Waals surface area contributed by atoms with E-state index in [1.165, 1.54) is 0 Å². The largest absolute Gasteiger partial charge is 0.301 e. The Hall–Kier alpha value is -3.08. The number of anilines is 2. The van der Waals surface area contributed by atoms with Crippen molar-refractivity contribution >= 4 is 40.7 Å². The van der Waals surface area contributed by atoms with E-state index in [1.807, 2.05) is 35.9 Å². The highest BCUT2D eigenvalue weighted by Crippen LogP contribution is 2.42. The number of hydrogen-bond donors (Lipinski definition) is 0. The van der Waals surface area contributed by atoms with Gasteiger partial charge in [-0.2, -0.15) is 0 Å². The molecule has 0 spiro atoms. The maximum Gasteiger partial charge on any atom is 0.260 e. The molecule has 1 amide bonds. The van der Waals surface area contributed by atoms with Gasteiger partial charge in [-0.05, 0) is 41.8 Å². The van der Waals surface area contributed by atoms with E-state index in [0.717, 1.165) is 16.7 Å². The van der Waals surface area contributed by atoms with Crippen LogP contribution >= 0.6 is 23.2 Å². The van der Waals surface area contributed by atoms with Crippen LogP contribution in [-0.2, 0) is 16.8 Å². The Kier molecular flexibility index (Phi) is 4.84. The van der Waals surface area contributed by atoms with Gasteiger partial charge in [0.2, 0.25) is 5.95 Å². The number of fused-ring (bicyclic) bond motifs is 1. The van der Waals surface area contributed by atoms with Crippen molar-refractivity contribution in [1.29, 1.82) is 0 Å². The van der Waals surface area contributed by atoms with Crippen molar-refractivity contribution in [3.63, 3.8) is 0 Å². The van der Waals surface area contributed by atoms with Crippen LogP contribution in [0.25, 0.3) is 11.1 Å². The van der Waals surface area contributed by atoms with Crippen LogP contribution in [0, 0.1) is 0 Å². The summed E-state index contributed by atoms with van der Waals surface area (Å²) in [6.45, 7) is 1.94. The number of benzene rings is 3. The molecule has 1 atom stereocenters. The Morgan fingerprint density at radius 3 is 2.23 bits per heavy atom. The van der Waals surface area contributed by atoms with Crippen LogP contribution in [0.3, 0.4) is 0 Å². The van der Waals surface area contributed by atoms with Gasteiger partial charge in [-0.1, -0.05) is 77.8 Å². The molecule has 1 aliphatic heterocycles. The fourth-order valence-electron chi connectivity index (χ4n) is 4.19. The minimum atomic E-state index is -0.811. The molecule has 6 heteroatoms. The fourth-order valence-corrected chi connectivity index (χ4v) is 4.70. The second-order valence-electron chi connectivity index (χ2n) is 7.88. The van der Waals surface area contributed by atoms with Crippen LogP contribution in [0.1, 0.15) is 12.5 Å². The van der Waals surface area contributed by atoms with Crippen molar-refractivity contribution in [3.8, 4) is 11.1 Å². The zero-order valence-electron chi connectivity index (χ0n) is 16.8. The molecule has 154 valence electrons. The first kappa shape index (κ1) is 19.9. The van der Waals surface area contributed by atoms with E-state index in [2.05, 4.69) is 41.4 Å². The van der Waals surface area contributed by atoms with E-state index >= 15 is 0 Å². The zero-order valence-corrected chi connectivity index (χ0v) is 18.3. The predicted molar refractivity (Wildman–Crippen MR) is 125 cm³/mol. The molecule has 0 saturated carbocycles. The lowest BCUT2D eigenvalue weighted by Gasteiger charge is -2.25. The molecule has 0 aliphatic carbocycles. The summed E-state index contributed by atoms with van der Waals surface area (Å²) >= 11 is 12.4. The number of amides is 1. The van der Waals surface area contributed by atoms with Gasteiger partial charge in [-0.25, -0.2) is 9.88 Å². The SMILES string of the molecule is C[C@@]1(Cc2ccc(-c3ccccc3)cc2)C(=O)N(c2cc(Cl)cc(Cl)c2)c2nccn21. The van der Waals surface area contributed by atoms with Crippen molar-refractivity contribution in [2.45, 2.75) is 18.9 Å². The summed E-state index contributed by atoms with van der Waals surface area (Å²) in [5.41, 5.74) is 3.18. The number of carbonyl (C=O) groups is 1. The Morgan fingerprint density at radius 1 is 0.903 bits per heavy atom. The van der Waals surface area contributed by atoms with Gasteiger partial charge in [-0.15, -0.1) is 0 Å². The van der Waals surface area contributed by atoms with Gasteiger partial charge < -0.3 is 4.57 Å². The summed E-state index contributed by atoms with van der Waals surface area (Å²) in [5, 5.41) is 0.942. The smallest absolute Gasteiger partial charge is 0.260 e. The molecule has 0 fully saturated rings. The maximum atomic E-state index is 13.6. The Balaban J connectivity index is 1.49. The number of imidazole rings is 1. The molecule has 0 bridgehead atoms. The van der Waals surface area contributed by atoms with Gasteiger partial charge >= 0.3 is 0 Å². The van der Waals surface area contributed by atoms with Gasteiger partial charge in [-0.3, -0.25) is 4.79 Å². The van der Waals surface area contributed by atoms with E-state index < -0.39 is 5.54 Å². The minimum absolute atomic E-state index is 0.0685. The second kappa shape index (κ2) is 7.56. The molecule has 1 aromatic heterocycles. The predicted octanol–water partition coefficient (Wildman–Crippen LogP) is 6.49. The third-order valence-electron chi connectivity index (χ3n) is 5.73. The first-order valence-corrected chi connectivity index (χ1v) is 10.7. The van der Waals surface area contributed by atoms with Crippen LogP contribution in [-0.4, -0.2) is 15.5 Å². The number of aromatic nitrogens is 2. The summed E-state index contributed by atoms with van der Waals surface area (Å²) in [6, 6.07) is 23.7. The lowest BCUT2D eigenvalue weighted by atomic mass is 9.91. The zero-order chi connectivity index (χ0) is 21.6. The van der Waals surface area contributed by atoms with Gasteiger partial charge in [0, 0.05) is 28.9 Å². The average molecular weight is 448 g/mol. The van der Waals surface area contributed by atoms with Gasteiger partial charge in [0.05, 0.1) is 5.69 Å². The van der Waals surface area contributed by atoms with Crippen molar-refractivity contribution in [1.82, 2.24) is 9.55 Å². The number of halogens is 2. The second-order valence-corrected chi connectivity index (χ2v) is 8.75. The minimum Gasteiger partial charge on any atom is -0.301 e. The third kappa shape index (κ3) is 3.42. The lowest BCUT2D eigenvalue weighted by molar-refractivity contribution is -0.123. The Bertz CT molecular complexity index is 1250. The van der Waals surface area contributed by atoms with Gasteiger partial charge in [0.25, 0.3) is 5.91 Å². The summed E-state index contributed by atoms with van der Waals surface area (Å²) in [7, 11) is 0. The quantitative estimate of drug-likeness (QED) is 0.358. The number of nitrogens with zero attached hydrogens (tertiary/aromatic N) is 3. The van der Waals surface area contributed by atoms with Crippen molar-refractivity contribution in [2.75, 3.05) is 4.90 Å². The summed E-state index contributed by atoms with van der Waals surface area (Å²) in [6.07, 6.45) is 4.09. The van der Waals surface area contributed by atoms with E-state index in [9.17, 15) is 4.79 Å². The van der Waals surface area contributed by atoms with E-state index in [-0.39, 0.29) is 5.91 Å². The lowest BCUT2D eigenvalue weighted by Crippen LogP contribution is -2.40. The number of rotatable bonds is 4. The monoisotopic (exact) mass is 447 g/mol. The van der Waals surface area contributed by atoms with Gasteiger partial charge in [0.15, 0.2) is 0 Å². The van der Waals surface area contributed by atoms with Crippen LogP contribution in [0.2, 0.25) is 10.0 Å². The molecule has 0 saturated heterocycles. The topological polar surface area (TPSA) is 38.1 Å². The van der Waals surface area contributed by atoms with Gasteiger partial charge in [0.1, 0.15) is 5.54 Å². The standard InChI is InChI=1S/C25H19Cl2N3O/c1-25(16-17-7-9-19(10-8-17)18-5-3-2-4-6-18)23(31)30(24-28-11-12-29(24)25)22-14-20(26)13-21(27)15-22/h2-15H,16H2,1H3/t25-/m1/s1. The van der Waals surface area contributed by atoms with Crippen molar-refractivity contribution in [2.24, 2.45) is 0 Å². The Morgan fingerprint density at radius 2 is 1.55 bits per heavy atom. The number of hydrogen-bond acceptors (Lipinski definition) is 2. The normalized spacial score (nSPS) is 17.8. The molecule has 1 aliphatic rings. The molecule has 4 aromatic rings. The first-order valence-electron chi connectivity index (χ1n) is 9.94. The van der Waals surface area contributed by atoms with E-state index in [4.69, 9.17) is 23.2 Å². The first-order chi connectivity index (χ1) is 15.0. The van der Waals surface area contributed by atoms with Crippen molar-refractivity contribution < 1.29 is 4.79 Å². The molecule has 31 heavy (non-hydrogen) atoms.